The summed E-state index contributed by atoms with van der Waals surface area (Å²) in [5.41, 5.74) is 2.48. The average molecular weight is 559 g/mol. The molecule has 0 saturated carbocycles. The molecule has 0 amide bonds. The lowest BCUT2D eigenvalue weighted by molar-refractivity contribution is -0.0721. The Hall–Kier alpha value is -2.85. The van der Waals surface area contributed by atoms with Crippen molar-refractivity contribution in [3.05, 3.63) is 68.5 Å². The summed E-state index contributed by atoms with van der Waals surface area (Å²) in [6.07, 6.45) is 3.48. The monoisotopic (exact) mass is 558 g/mol. The number of carboxylic acid groups (broad SMARTS) is 1. The minimum atomic E-state index is -1.13. The van der Waals surface area contributed by atoms with E-state index in [1.807, 2.05) is 30.7 Å². The van der Waals surface area contributed by atoms with Gasteiger partial charge in [-0.2, -0.15) is 0 Å². The maximum atomic E-state index is 11.3. The SMILES string of the molecule is Cn1c(CN2CCC(c3cccc4c3O[C@](C)(c3ncc(Cl)cc3Cl)O4)CC2)nc2sc(C(=O)O)cc21. The molecule has 1 aromatic carbocycles. The number of ether oxygens (including phenoxy) is 2. The minimum Gasteiger partial charge on any atom is -0.477 e. The van der Waals surface area contributed by atoms with Crippen molar-refractivity contribution in [3.8, 4) is 11.5 Å². The van der Waals surface area contributed by atoms with E-state index in [2.05, 4.69) is 16.0 Å². The second-order valence-corrected chi connectivity index (χ2v) is 11.4. The zero-order valence-corrected chi connectivity index (χ0v) is 22.5. The van der Waals surface area contributed by atoms with E-state index < -0.39 is 11.8 Å². The molecular formula is C26H24Cl2N4O4S. The molecule has 8 nitrogen and oxygen atoms in total. The molecule has 37 heavy (non-hydrogen) atoms. The summed E-state index contributed by atoms with van der Waals surface area (Å²) in [6, 6.07) is 9.35. The molecule has 3 aromatic heterocycles. The van der Waals surface area contributed by atoms with Crippen LogP contribution in [0.4, 0.5) is 0 Å². The summed E-state index contributed by atoms with van der Waals surface area (Å²) >= 11 is 13.7. The van der Waals surface area contributed by atoms with E-state index >= 15 is 0 Å². The number of hydrogen-bond donors (Lipinski definition) is 1. The van der Waals surface area contributed by atoms with Gasteiger partial charge < -0.3 is 19.1 Å². The van der Waals surface area contributed by atoms with Crippen LogP contribution in [0.15, 0.2) is 36.5 Å². The summed E-state index contributed by atoms with van der Waals surface area (Å²) in [7, 11) is 1.94. The molecule has 1 N–H and O–H groups in total. The molecule has 0 radical (unpaired) electrons. The first kappa shape index (κ1) is 24.5. The molecule has 2 aliphatic heterocycles. The third-order valence-corrected chi connectivity index (χ3v) is 8.63. The highest BCUT2D eigenvalue weighted by molar-refractivity contribution is 7.20. The highest BCUT2D eigenvalue weighted by Crippen LogP contribution is 2.50. The second kappa shape index (κ2) is 9.16. The number of carboxylic acids is 1. The molecule has 0 bridgehead atoms. The number of aromatic nitrogens is 3. The van der Waals surface area contributed by atoms with Gasteiger partial charge in [-0.15, -0.1) is 11.3 Å². The highest BCUT2D eigenvalue weighted by Gasteiger charge is 2.43. The Balaban J connectivity index is 1.16. The summed E-state index contributed by atoms with van der Waals surface area (Å²) in [5, 5.41) is 10.1. The molecule has 192 valence electrons. The minimum absolute atomic E-state index is 0.312. The topological polar surface area (TPSA) is 89.7 Å². The molecule has 5 heterocycles. The number of aromatic carboxylic acids is 1. The quantitative estimate of drug-likeness (QED) is 0.318. The Morgan fingerprint density at radius 1 is 1.24 bits per heavy atom. The third kappa shape index (κ3) is 4.33. The number of fused-ring (bicyclic) bond motifs is 2. The zero-order valence-electron chi connectivity index (χ0n) is 20.2. The Morgan fingerprint density at radius 3 is 2.73 bits per heavy atom. The number of pyridine rings is 1. The van der Waals surface area contributed by atoms with Crippen LogP contribution >= 0.6 is 34.5 Å². The number of likely N-dealkylation sites (tertiary alicyclic amines) is 1. The van der Waals surface area contributed by atoms with Crippen LogP contribution in [0.5, 0.6) is 11.5 Å². The van der Waals surface area contributed by atoms with Crippen molar-refractivity contribution in [2.45, 2.75) is 38.0 Å². The fourth-order valence-electron chi connectivity index (χ4n) is 5.19. The van der Waals surface area contributed by atoms with Gasteiger partial charge in [0.05, 0.1) is 22.1 Å². The maximum Gasteiger partial charge on any atom is 0.346 e. The van der Waals surface area contributed by atoms with Gasteiger partial charge in [0.25, 0.3) is 5.79 Å². The molecule has 1 atom stereocenters. The van der Waals surface area contributed by atoms with Gasteiger partial charge in [-0.25, -0.2) is 14.8 Å². The van der Waals surface area contributed by atoms with Crippen LogP contribution in [0.1, 0.15) is 52.4 Å². The van der Waals surface area contributed by atoms with Gasteiger partial charge in [0, 0.05) is 25.7 Å². The van der Waals surface area contributed by atoms with E-state index in [9.17, 15) is 9.90 Å². The fourth-order valence-corrected chi connectivity index (χ4v) is 6.66. The predicted molar refractivity (Wildman–Crippen MR) is 142 cm³/mol. The van der Waals surface area contributed by atoms with Gasteiger partial charge in [0.1, 0.15) is 21.2 Å². The number of hydrogen-bond acceptors (Lipinski definition) is 7. The average Bonchev–Trinajstić information content (AvgIpc) is 3.52. The fraction of sp³-hybridized carbons (Fsp3) is 0.346. The lowest BCUT2D eigenvalue weighted by atomic mass is 9.88. The number of aryl methyl sites for hydroxylation is 1. The maximum absolute atomic E-state index is 11.3. The van der Waals surface area contributed by atoms with Crippen molar-refractivity contribution in [2.75, 3.05) is 13.1 Å². The second-order valence-electron chi connectivity index (χ2n) is 9.55. The van der Waals surface area contributed by atoms with Crippen LogP contribution in [0, 0.1) is 0 Å². The first-order valence-electron chi connectivity index (χ1n) is 11.9. The van der Waals surface area contributed by atoms with Gasteiger partial charge in [0.15, 0.2) is 11.5 Å². The van der Waals surface area contributed by atoms with Gasteiger partial charge in [-0.1, -0.05) is 35.3 Å². The van der Waals surface area contributed by atoms with E-state index in [-0.39, 0.29) is 0 Å². The van der Waals surface area contributed by atoms with Crippen LogP contribution < -0.4 is 9.47 Å². The van der Waals surface area contributed by atoms with E-state index in [1.165, 1.54) is 17.5 Å². The number of carbonyl (C=O) groups is 1. The summed E-state index contributed by atoms with van der Waals surface area (Å²) in [5.74, 6) is 0.651. The Labute approximate surface area is 227 Å². The van der Waals surface area contributed by atoms with Gasteiger partial charge in [-0.3, -0.25) is 4.90 Å². The van der Waals surface area contributed by atoms with Crippen molar-refractivity contribution in [3.63, 3.8) is 0 Å². The van der Waals surface area contributed by atoms with E-state index in [1.54, 1.807) is 12.1 Å². The normalized spacial score (nSPS) is 20.1. The largest absolute Gasteiger partial charge is 0.477 e. The number of imidazole rings is 1. The van der Waals surface area contributed by atoms with E-state index in [0.717, 1.165) is 60.0 Å². The van der Waals surface area contributed by atoms with E-state index in [0.29, 0.717) is 32.3 Å². The standard InChI is InChI=1S/C26H24Cl2N4O4S/c1-26(23-17(28)10-15(27)12-29-23)35-19-5-3-4-16(22(19)36-26)14-6-8-32(9-7-14)13-21-30-24-18(31(21)2)11-20(37-24)25(33)34/h3-5,10-12,14H,6-9,13H2,1-2H3,(H,33,34)/t26-/m1/s1. The summed E-state index contributed by atoms with van der Waals surface area (Å²) in [4.78, 5) is 23.8. The molecule has 2 aliphatic rings. The number of thiophene rings is 1. The summed E-state index contributed by atoms with van der Waals surface area (Å²) in [6.45, 7) is 4.37. The number of halogens is 2. The predicted octanol–water partition coefficient (Wildman–Crippen LogP) is 6.06. The van der Waals surface area contributed by atoms with Crippen molar-refractivity contribution in [1.82, 2.24) is 19.4 Å². The molecule has 1 saturated heterocycles. The number of rotatable bonds is 5. The molecule has 1 fully saturated rings. The molecule has 0 unspecified atom stereocenters. The van der Waals surface area contributed by atoms with Crippen molar-refractivity contribution in [1.29, 1.82) is 0 Å². The van der Waals surface area contributed by atoms with Crippen LogP contribution in [-0.4, -0.2) is 43.6 Å². The molecular weight excluding hydrogens is 535 g/mol. The van der Waals surface area contributed by atoms with Crippen LogP contribution in [0.3, 0.4) is 0 Å². The third-order valence-electron chi connectivity index (χ3n) is 7.12. The number of nitrogens with zero attached hydrogens (tertiary/aromatic N) is 4. The number of para-hydroxylation sites is 1. The van der Waals surface area contributed by atoms with Crippen LogP contribution in [0.25, 0.3) is 10.3 Å². The summed E-state index contributed by atoms with van der Waals surface area (Å²) < 4.78 is 14.6. The lowest BCUT2D eigenvalue weighted by Crippen LogP contribution is -2.34. The van der Waals surface area contributed by atoms with Gasteiger partial charge >= 0.3 is 5.97 Å². The Bertz CT molecular complexity index is 1530. The molecule has 0 aliphatic carbocycles. The van der Waals surface area contributed by atoms with Crippen molar-refractivity contribution >= 4 is 50.9 Å². The van der Waals surface area contributed by atoms with Crippen molar-refractivity contribution in [2.24, 2.45) is 7.05 Å². The first-order valence-corrected chi connectivity index (χ1v) is 13.5. The van der Waals surface area contributed by atoms with Gasteiger partial charge in [0.2, 0.25) is 0 Å². The number of piperidine rings is 1. The van der Waals surface area contributed by atoms with Crippen LogP contribution in [-0.2, 0) is 19.4 Å². The molecule has 4 aromatic rings. The van der Waals surface area contributed by atoms with Gasteiger partial charge in [-0.05, 0) is 50.0 Å². The lowest BCUT2D eigenvalue weighted by Gasteiger charge is -2.32. The Morgan fingerprint density at radius 2 is 2.03 bits per heavy atom. The Kier molecular flexibility index (Phi) is 6.06. The van der Waals surface area contributed by atoms with Crippen molar-refractivity contribution < 1.29 is 19.4 Å². The van der Waals surface area contributed by atoms with E-state index in [4.69, 9.17) is 37.7 Å². The molecule has 11 heteroatoms. The van der Waals surface area contributed by atoms with Crippen LogP contribution in [0.2, 0.25) is 10.0 Å². The zero-order chi connectivity index (χ0) is 25.9. The highest BCUT2D eigenvalue weighted by atomic mass is 35.5. The molecule has 0 spiro atoms. The first-order chi connectivity index (χ1) is 17.7. The molecule has 6 rings (SSSR count). The number of benzene rings is 1. The smallest absolute Gasteiger partial charge is 0.346 e.